The predicted molar refractivity (Wildman–Crippen MR) is 81.0 cm³/mol. The number of aliphatic hydroxyl groups is 1. The standard InChI is InChI=1S/C15H17Cl2NO3/c16-12-2-1-9(7-13(12)17)15(4-6-19)10-3-5-18(14(20)21)8-11(10)15/h1-2,7,10-11,19H,3-6,8H2,(H,20,21)/t10-,11+,15-/m0/s1. The van der Waals surface area contributed by atoms with Crippen LogP contribution in [-0.2, 0) is 5.41 Å². The highest BCUT2D eigenvalue weighted by molar-refractivity contribution is 6.42. The van der Waals surface area contributed by atoms with E-state index in [1.807, 2.05) is 12.1 Å². The van der Waals surface area contributed by atoms with Gasteiger partial charge in [-0.3, -0.25) is 0 Å². The number of piperidine rings is 1. The van der Waals surface area contributed by atoms with Crippen LogP contribution in [0.3, 0.4) is 0 Å². The molecule has 0 unspecified atom stereocenters. The van der Waals surface area contributed by atoms with E-state index in [1.165, 1.54) is 4.90 Å². The molecule has 1 aromatic rings. The van der Waals surface area contributed by atoms with Crippen LogP contribution < -0.4 is 0 Å². The lowest BCUT2D eigenvalue weighted by molar-refractivity contribution is 0.133. The first kappa shape index (κ1) is 14.9. The van der Waals surface area contributed by atoms with E-state index < -0.39 is 6.09 Å². The van der Waals surface area contributed by atoms with Gasteiger partial charge in [0.2, 0.25) is 0 Å². The third-order valence-corrected chi connectivity index (χ3v) is 5.82. The summed E-state index contributed by atoms with van der Waals surface area (Å²) in [6, 6.07) is 5.59. The molecule has 1 aliphatic carbocycles. The molecule has 0 bridgehead atoms. The lowest BCUT2D eigenvalue weighted by atomic mass is 9.88. The Balaban J connectivity index is 1.92. The molecule has 1 heterocycles. The first-order valence-corrected chi connectivity index (χ1v) is 7.80. The van der Waals surface area contributed by atoms with Crippen molar-refractivity contribution in [2.45, 2.75) is 18.3 Å². The summed E-state index contributed by atoms with van der Waals surface area (Å²) in [7, 11) is 0. The van der Waals surface area contributed by atoms with Crippen molar-refractivity contribution in [2.24, 2.45) is 11.8 Å². The molecule has 0 radical (unpaired) electrons. The monoisotopic (exact) mass is 329 g/mol. The van der Waals surface area contributed by atoms with Crippen LogP contribution in [0.15, 0.2) is 18.2 Å². The second kappa shape index (κ2) is 5.34. The smallest absolute Gasteiger partial charge is 0.407 e. The summed E-state index contributed by atoms with van der Waals surface area (Å²) < 4.78 is 0. The van der Waals surface area contributed by atoms with Gasteiger partial charge in [0.1, 0.15) is 0 Å². The SMILES string of the molecule is O=C(O)N1CC[C@H]2[C@@H](C1)[C@@]2(CCO)c1ccc(Cl)c(Cl)c1. The highest BCUT2D eigenvalue weighted by Gasteiger charge is 2.66. The van der Waals surface area contributed by atoms with Crippen molar-refractivity contribution >= 4 is 29.3 Å². The summed E-state index contributed by atoms with van der Waals surface area (Å²) >= 11 is 12.1. The zero-order valence-corrected chi connectivity index (χ0v) is 12.9. The van der Waals surface area contributed by atoms with Gasteiger partial charge < -0.3 is 15.1 Å². The lowest BCUT2D eigenvalue weighted by Crippen LogP contribution is -2.35. The first-order valence-electron chi connectivity index (χ1n) is 7.05. The minimum absolute atomic E-state index is 0.0836. The molecule has 21 heavy (non-hydrogen) atoms. The molecule has 4 nitrogen and oxygen atoms in total. The Hall–Kier alpha value is -0.970. The number of halogens is 2. The van der Waals surface area contributed by atoms with E-state index in [1.54, 1.807) is 6.07 Å². The van der Waals surface area contributed by atoms with Gasteiger partial charge in [-0.05, 0) is 42.4 Å². The van der Waals surface area contributed by atoms with Gasteiger partial charge in [-0.2, -0.15) is 0 Å². The van der Waals surface area contributed by atoms with E-state index in [9.17, 15) is 9.90 Å². The Labute approximate surface area is 133 Å². The fourth-order valence-corrected chi connectivity index (χ4v) is 4.36. The van der Waals surface area contributed by atoms with E-state index >= 15 is 0 Å². The quantitative estimate of drug-likeness (QED) is 0.894. The largest absolute Gasteiger partial charge is 0.465 e. The molecule has 0 aromatic heterocycles. The number of carbonyl (C=O) groups is 1. The number of amides is 1. The third-order valence-electron chi connectivity index (χ3n) is 5.08. The van der Waals surface area contributed by atoms with Crippen LogP contribution in [0.25, 0.3) is 0 Å². The van der Waals surface area contributed by atoms with E-state index in [0.29, 0.717) is 35.5 Å². The number of likely N-dealkylation sites (tertiary alicyclic amines) is 1. The molecule has 1 amide bonds. The van der Waals surface area contributed by atoms with Crippen molar-refractivity contribution in [3.8, 4) is 0 Å². The fraction of sp³-hybridized carbons (Fsp3) is 0.533. The molecule has 3 rings (SSSR count). The maximum Gasteiger partial charge on any atom is 0.407 e. The molecule has 1 saturated carbocycles. The van der Waals surface area contributed by atoms with Crippen LogP contribution in [-0.4, -0.2) is 40.9 Å². The Kier molecular flexibility index (Phi) is 3.80. The van der Waals surface area contributed by atoms with E-state index in [2.05, 4.69) is 0 Å². The summed E-state index contributed by atoms with van der Waals surface area (Å²) in [6.07, 6.45) is 0.595. The second-order valence-corrected chi connectivity index (χ2v) is 6.69. The second-order valence-electron chi connectivity index (χ2n) is 5.87. The normalized spacial score (nSPS) is 30.9. The molecule has 6 heteroatoms. The average Bonchev–Trinajstić information content (AvgIpc) is 3.10. The van der Waals surface area contributed by atoms with Crippen LogP contribution in [0.4, 0.5) is 4.79 Å². The van der Waals surface area contributed by atoms with Gasteiger partial charge in [-0.25, -0.2) is 4.79 Å². The summed E-state index contributed by atoms with van der Waals surface area (Å²) in [6.45, 7) is 1.17. The van der Waals surface area contributed by atoms with Crippen molar-refractivity contribution in [2.75, 3.05) is 19.7 Å². The van der Waals surface area contributed by atoms with Gasteiger partial charge in [-0.15, -0.1) is 0 Å². The van der Waals surface area contributed by atoms with Crippen molar-refractivity contribution < 1.29 is 15.0 Å². The molecule has 2 aliphatic rings. The molecule has 1 aliphatic heterocycles. The molecular weight excluding hydrogens is 313 g/mol. The van der Waals surface area contributed by atoms with E-state index in [0.717, 1.165) is 12.0 Å². The molecular formula is C15H17Cl2NO3. The van der Waals surface area contributed by atoms with Gasteiger partial charge in [0.25, 0.3) is 0 Å². The Morgan fingerprint density at radius 2 is 2.10 bits per heavy atom. The number of benzene rings is 1. The van der Waals surface area contributed by atoms with Gasteiger partial charge in [0, 0.05) is 25.1 Å². The van der Waals surface area contributed by atoms with Crippen LogP contribution in [0.5, 0.6) is 0 Å². The predicted octanol–water partition coefficient (Wildman–Crippen LogP) is 3.24. The Bertz CT molecular complexity index is 580. The maximum atomic E-state index is 11.2. The minimum Gasteiger partial charge on any atom is -0.465 e. The number of carboxylic acid groups (broad SMARTS) is 1. The summed E-state index contributed by atoms with van der Waals surface area (Å²) in [5, 5.41) is 19.6. The zero-order valence-electron chi connectivity index (χ0n) is 11.4. The van der Waals surface area contributed by atoms with E-state index in [4.69, 9.17) is 28.3 Å². The summed E-state index contributed by atoms with van der Waals surface area (Å²) in [4.78, 5) is 12.6. The van der Waals surface area contributed by atoms with Crippen molar-refractivity contribution in [3.63, 3.8) is 0 Å². The van der Waals surface area contributed by atoms with Crippen LogP contribution in [0.1, 0.15) is 18.4 Å². The molecule has 2 fully saturated rings. The maximum absolute atomic E-state index is 11.2. The van der Waals surface area contributed by atoms with Crippen LogP contribution in [0, 0.1) is 11.8 Å². The highest BCUT2D eigenvalue weighted by atomic mass is 35.5. The number of fused-ring (bicyclic) bond motifs is 1. The van der Waals surface area contributed by atoms with Gasteiger partial charge in [0.05, 0.1) is 10.0 Å². The Morgan fingerprint density at radius 1 is 1.33 bits per heavy atom. The molecule has 1 saturated heterocycles. The number of rotatable bonds is 3. The number of hydrogen-bond acceptors (Lipinski definition) is 2. The summed E-state index contributed by atoms with van der Waals surface area (Å²) in [5.41, 5.74) is 0.904. The van der Waals surface area contributed by atoms with Crippen LogP contribution in [0.2, 0.25) is 10.0 Å². The summed E-state index contributed by atoms with van der Waals surface area (Å²) in [5.74, 6) is 0.671. The molecule has 1 aromatic carbocycles. The van der Waals surface area contributed by atoms with Crippen LogP contribution >= 0.6 is 23.2 Å². The van der Waals surface area contributed by atoms with Crippen molar-refractivity contribution in [1.82, 2.24) is 4.90 Å². The molecule has 114 valence electrons. The van der Waals surface area contributed by atoms with Gasteiger partial charge in [0.15, 0.2) is 0 Å². The number of nitrogens with zero attached hydrogens (tertiary/aromatic N) is 1. The third kappa shape index (κ3) is 2.30. The molecule has 2 N–H and O–H groups in total. The average molecular weight is 330 g/mol. The molecule has 3 atom stereocenters. The highest BCUT2D eigenvalue weighted by Crippen LogP contribution is 2.65. The fourth-order valence-electron chi connectivity index (χ4n) is 4.06. The minimum atomic E-state index is -0.868. The number of aliphatic hydroxyl groups excluding tert-OH is 1. The van der Waals surface area contributed by atoms with Gasteiger partial charge >= 0.3 is 6.09 Å². The lowest BCUT2D eigenvalue weighted by Gasteiger charge is -2.22. The topological polar surface area (TPSA) is 60.8 Å². The van der Waals surface area contributed by atoms with Gasteiger partial charge in [-0.1, -0.05) is 29.3 Å². The zero-order chi connectivity index (χ0) is 15.2. The van der Waals surface area contributed by atoms with Crippen molar-refractivity contribution in [3.05, 3.63) is 33.8 Å². The van der Waals surface area contributed by atoms with E-state index in [-0.39, 0.29) is 17.9 Å². The molecule has 0 spiro atoms. The number of hydrogen-bond donors (Lipinski definition) is 2. The first-order chi connectivity index (χ1) is 10.0. The van der Waals surface area contributed by atoms with Crippen molar-refractivity contribution in [1.29, 1.82) is 0 Å². The Morgan fingerprint density at radius 3 is 2.71 bits per heavy atom.